The van der Waals surface area contributed by atoms with Crippen molar-refractivity contribution in [3.8, 4) is 34.4 Å². The number of carbonyl (C=O) groups is 1. The number of nitrogens with two attached hydrogens (primary N) is 1. The Balaban J connectivity index is 1.52. The lowest BCUT2D eigenvalue weighted by Gasteiger charge is -2.24. The molecule has 0 saturated carbocycles. The Labute approximate surface area is 231 Å². The number of benzene rings is 3. The lowest BCUT2D eigenvalue weighted by molar-refractivity contribution is -0.119. The van der Waals surface area contributed by atoms with E-state index in [1.807, 2.05) is 48.5 Å². The van der Waals surface area contributed by atoms with Gasteiger partial charge < -0.3 is 19.8 Å². The summed E-state index contributed by atoms with van der Waals surface area (Å²) in [5.41, 5.74) is 8.40. The third kappa shape index (κ3) is 5.06. The maximum Gasteiger partial charge on any atom is 0.247 e. The summed E-state index contributed by atoms with van der Waals surface area (Å²) in [5, 5.41) is 17.4. The lowest BCUT2D eigenvalue weighted by Crippen LogP contribution is -2.45. The van der Waals surface area contributed by atoms with Crippen molar-refractivity contribution in [3.63, 3.8) is 0 Å². The van der Waals surface area contributed by atoms with E-state index in [1.54, 1.807) is 21.0 Å². The van der Waals surface area contributed by atoms with Crippen LogP contribution in [-0.4, -0.2) is 43.4 Å². The first-order chi connectivity index (χ1) is 19.0. The first-order valence-corrected chi connectivity index (χ1v) is 14.1. The number of nitrogens with zero attached hydrogens (tertiary/aromatic N) is 4. The number of nitriles is 1. The zero-order chi connectivity index (χ0) is 28.7. The Bertz CT molecular complexity index is 1720. The van der Waals surface area contributed by atoms with E-state index in [1.165, 1.54) is 23.1 Å². The lowest BCUT2D eigenvalue weighted by atomic mass is 9.96. The molecule has 11 heteroatoms. The highest BCUT2D eigenvalue weighted by Gasteiger charge is 2.36. The van der Waals surface area contributed by atoms with Gasteiger partial charge in [0.05, 0.1) is 42.1 Å². The molecule has 0 spiro atoms. The van der Waals surface area contributed by atoms with Crippen LogP contribution in [0.1, 0.15) is 25.3 Å². The number of ether oxygens (including phenoxy) is 1. The molecule has 2 heterocycles. The molecule has 5 rings (SSSR count). The highest BCUT2D eigenvalue weighted by molar-refractivity contribution is 7.91. The predicted octanol–water partition coefficient (Wildman–Crippen LogP) is 3.86. The molecule has 0 saturated heterocycles. The maximum absolute atomic E-state index is 13.4. The van der Waals surface area contributed by atoms with Gasteiger partial charge in [-0.2, -0.15) is 5.26 Å². The van der Waals surface area contributed by atoms with Crippen molar-refractivity contribution in [1.29, 1.82) is 5.26 Å². The Hall–Kier alpha value is -4.53. The topological polar surface area (TPSA) is 152 Å². The number of aromatic nitrogens is 2. The van der Waals surface area contributed by atoms with Crippen molar-refractivity contribution in [1.82, 2.24) is 10.2 Å². The van der Waals surface area contributed by atoms with Crippen LogP contribution in [-0.2, 0) is 26.6 Å². The summed E-state index contributed by atoms with van der Waals surface area (Å²) in [5.74, 6) is -0.0418. The molecule has 0 unspecified atom stereocenters. The summed E-state index contributed by atoms with van der Waals surface area (Å²) in [4.78, 5) is 14.8. The average Bonchev–Trinajstić information content (AvgIpc) is 3.45. The summed E-state index contributed by atoms with van der Waals surface area (Å²) in [7, 11) is -2.25. The van der Waals surface area contributed by atoms with Crippen LogP contribution >= 0.6 is 0 Å². The van der Waals surface area contributed by atoms with Crippen molar-refractivity contribution < 1.29 is 22.4 Å². The van der Waals surface area contributed by atoms with Gasteiger partial charge >= 0.3 is 0 Å². The molecular formula is C29H27N5O5S. The van der Waals surface area contributed by atoms with Gasteiger partial charge in [0.15, 0.2) is 9.84 Å². The first kappa shape index (κ1) is 27.1. The molecule has 4 aromatic rings. The Morgan fingerprint density at radius 1 is 1.05 bits per heavy atom. The van der Waals surface area contributed by atoms with Crippen LogP contribution in [0.2, 0.25) is 0 Å². The SMILES string of the molecule is COc1ccc(-c2ccc(CN3C(=O)[C@@H](N)CS(=O)(=O)c4ccc(-c5nnc(C(C)(C)C#N)o5)cc43)cc2)cc1. The highest BCUT2D eigenvalue weighted by Crippen LogP contribution is 2.36. The summed E-state index contributed by atoms with van der Waals surface area (Å²) in [6.07, 6.45) is 0. The highest BCUT2D eigenvalue weighted by atomic mass is 32.2. The molecule has 40 heavy (non-hydrogen) atoms. The third-order valence-electron chi connectivity index (χ3n) is 6.77. The van der Waals surface area contributed by atoms with Gasteiger partial charge in [0.1, 0.15) is 11.2 Å². The van der Waals surface area contributed by atoms with Gasteiger partial charge in [0.25, 0.3) is 0 Å². The van der Waals surface area contributed by atoms with Gasteiger partial charge in [-0.3, -0.25) is 4.79 Å². The molecular weight excluding hydrogens is 530 g/mol. The maximum atomic E-state index is 13.4. The molecule has 1 amide bonds. The Morgan fingerprint density at radius 2 is 1.68 bits per heavy atom. The number of anilines is 1. The minimum Gasteiger partial charge on any atom is -0.497 e. The van der Waals surface area contributed by atoms with Crippen molar-refractivity contribution >= 4 is 21.4 Å². The monoisotopic (exact) mass is 557 g/mol. The number of amides is 1. The fourth-order valence-electron chi connectivity index (χ4n) is 4.41. The standard InChI is InChI=1S/C29H27N5O5S/c1-29(2,17-30)28-33-32-26(39-28)21-10-13-25-24(14-21)34(27(35)23(31)16-40(25,36)37)15-18-4-6-19(7-5-18)20-8-11-22(38-3)12-9-20/h4-14,23H,15-16,31H2,1-3H3/t23-/m0/s1. The fraction of sp³-hybridized carbons (Fsp3) is 0.241. The number of carbonyl (C=O) groups excluding carboxylic acids is 1. The van der Waals surface area contributed by atoms with E-state index in [0.29, 0.717) is 5.56 Å². The predicted molar refractivity (Wildman–Crippen MR) is 148 cm³/mol. The smallest absolute Gasteiger partial charge is 0.247 e. The summed E-state index contributed by atoms with van der Waals surface area (Å²) in [6, 6.07) is 20.7. The minimum absolute atomic E-state index is 0.00973. The second-order valence-corrected chi connectivity index (χ2v) is 12.1. The van der Waals surface area contributed by atoms with Gasteiger partial charge in [-0.1, -0.05) is 36.4 Å². The van der Waals surface area contributed by atoms with E-state index < -0.39 is 33.0 Å². The molecule has 1 aromatic heterocycles. The molecule has 2 N–H and O–H groups in total. The molecule has 3 aromatic carbocycles. The number of rotatable bonds is 6. The van der Waals surface area contributed by atoms with E-state index in [4.69, 9.17) is 14.9 Å². The summed E-state index contributed by atoms with van der Waals surface area (Å²) in [6.45, 7) is 3.39. The normalized spacial score (nSPS) is 16.6. The summed E-state index contributed by atoms with van der Waals surface area (Å²) < 4.78 is 37.3. The van der Waals surface area contributed by atoms with Crippen LogP contribution in [0.3, 0.4) is 0 Å². The molecule has 0 fully saturated rings. The van der Waals surface area contributed by atoms with E-state index >= 15 is 0 Å². The van der Waals surface area contributed by atoms with Crippen molar-refractivity contribution in [2.45, 2.75) is 36.7 Å². The van der Waals surface area contributed by atoms with Gasteiger partial charge in [0.2, 0.25) is 17.7 Å². The molecule has 0 radical (unpaired) electrons. The van der Waals surface area contributed by atoms with E-state index in [2.05, 4.69) is 16.3 Å². The second kappa shape index (κ2) is 10.2. The minimum atomic E-state index is -3.86. The number of hydrogen-bond acceptors (Lipinski definition) is 9. The van der Waals surface area contributed by atoms with Crippen LogP contribution in [0.25, 0.3) is 22.6 Å². The van der Waals surface area contributed by atoms with Crippen LogP contribution in [0, 0.1) is 11.3 Å². The molecule has 204 valence electrons. The molecule has 0 bridgehead atoms. The average molecular weight is 558 g/mol. The molecule has 1 atom stereocenters. The van der Waals surface area contributed by atoms with Crippen molar-refractivity contribution in [3.05, 3.63) is 78.2 Å². The van der Waals surface area contributed by atoms with Crippen molar-refractivity contribution in [2.75, 3.05) is 17.8 Å². The van der Waals surface area contributed by atoms with E-state index in [-0.39, 0.29) is 28.9 Å². The molecule has 10 nitrogen and oxygen atoms in total. The molecule has 0 aliphatic carbocycles. The second-order valence-electron chi connectivity index (χ2n) is 10.1. The van der Waals surface area contributed by atoms with Gasteiger partial charge in [0, 0.05) is 5.56 Å². The number of methoxy groups -OCH3 is 1. The summed E-state index contributed by atoms with van der Waals surface area (Å²) >= 11 is 0. The van der Waals surface area contributed by atoms with Crippen LogP contribution < -0.4 is 15.4 Å². The largest absolute Gasteiger partial charge is 0.497 e. The van der Waals surface area contributed by atoms with Gasteiger partial charge in [-0.05, 0) is 60.9 Å². The first-order valence-electron chi connectivity index (χ1n) is 12.4. The zero-order valence-electron chi connectivity index (χ0n) is 22.2. The van der Waals surface area contributed by atoms with Crippen LogP contribution in [0.5, 0.6) is 5.75 Å². The van der Waals surface area contributed by atoms with Gasteiger partial charge in [-0.15, -0.1) is 10.2 Å². The van der Waals surface area contributed by atoms with E-state index in [0.717, 1.165) is 22.4 Å². The zero-order valence-corrected chi connectivity index (χ0v) is 23.0. The fourth-order valence-corrected chi connectivity index (χ4v) is 5.97. The number of hydrogen-bond donors (Lipinski definition) is 1. The Morgan fingerprint density at radius 3 is 2.30 bits per heavy atom. The molecule has 1 aliphatic rings. The van der Waals surface area contributed by atoms with Crippen molar-refractivity contribution in [2.24, 2.45) is 5.73 Å². The van der Waals surface area contributed by atoms with Crippen LogP contribution in [0.15, 0.2) is 76.0 Å². The Kier molecular flexibility index (Phi) is 6.91. The third-order valence-corrected chi connectivity index (χ3v) is 8.58. The van der Waals surface area contributed by atoms with Gasteiger partial charge in [-0.25, -0.2) is 8.42 Å². The number of sulfone groups is 1. The van der Waals surface area contributed by atoms with E-state index in [9.17, 15) is 18.5 Å². The van der Waals surface area contributed by atoms with Crippen LogP contribution in [0.4, 0.5) is 5.69 Å². The number of fused-ring (bicyclic) bond motifs is 1. The quantitative estimate of drug-likeness (QED) is 0.372. The molecule has 1 aliphatic heterocycles.